The van der Waals surface area contributed by atoms with Crippen LogP contribution >= 0.6 is 0 Å². The Morgan fingerprint density at radius 1 is 1.24 bits per heavy atom. The van der Waals surface area contributed by atoms with E-state index in [1.165, 1.54) is 0 Å². The number of hydrogen-bond acceptors (Lipinski definition) is 5. The number of H-pyrrole nitrogens is 1. The van der Waals surface area contributed by atoms with Gasteiger partial charge in [-0.2, -0.15) is 0 Å². The number of aromatic amines is 1. The van der Waals surface area contributed by atoms with Crippen molar-refractivity contribution < 1.29 is 15.0 Å². The van der Waals surface area contributed by atoms with E-state index in [9.17, 15) is 9.90 Å². The van der Waals surface area contributed by atoms with Crippen LogP contribution in [0.25, 0.3) is 11.0 Å². The number of benzene rings is 1. The van der Waals surface area contributed by atoms with Crippen molar-refractivity contribution in [2.75, 3.05) is 32.7 Å². The second-order valence-corrected chi connectivity index (χ2v) is 8.90. The maximum Gasteiger partial charge on any atom is 0.306 e. The summed E-state index contributed by atoms with van der Waals surface area (Å²) in [6.07, 6.45) is 2.83. The molecule has 2 heterocycles. The number of fused-ring (bicyclic) bond motifs is 1. The summed E-state index contributed by atoms with van der Waals surface area (Å²) in [6, 6.07) is 8.63. The van der Waals surface area contributed by atoms with Gasteiger partial charge in [-0.1, -0.05) is 19.1 Å². The molecule has 1 aliphatic carbocycles. The molecule has 4 rings (SSSR count). The smallest absolute Gasteiger partial charge is 0.306 e. The highest BCUT2D eigenvalue weighted by molar-refractivity contribution is 5.74. The molecule has 1 saturated heterocycles. The van der Waals surface area contributed by atoms with Gasteiger partial charge in [0.1, 0.15) is 5.82 Å². The molecule has 2 aliphatic rings. The Morgan fingerprint density at radius 3 is 2.59 bits per heavy atom. The summed E-state index contributed by atoms with van der Waals surface area (Å²) in [5.74, 6) is 0.506. The number of rotatable bonds is 6. The first-order valence-corrected chi connectivity index (χ1v) is 10.8. The highest BCUT2D eigenvalue weighted by Crippen LogP contribution is 2.33. The number of hydrogen-bond donors (Lipinski definition) is 3. The average Bonchev–Trinajstić information content (AvgIpc) is 3.13. The molecular formula is C22H32N4O3. The van der Waals surface area contributed by atoms with Crippen LogP contribution in [0.1, 0.15) is 50.8 Å². The van der Waals surface area contributed by atoms with Crippen molar-refractivity contribution in [3.05, 3.63) is 30.1 Å². The van der Waals surface area contributed by atoms with Crippen molar-refractivity contribution in [3.63, 3.8) is 0 Å². The maximum atomic E-state index is 11.0. The van der Waals surface area contributed by atoms with Crippen molar-refractivity contribution in [2.45, 2.75) is 56.6 Å². The summed E-state index contributed by atoms with van der Waals surface area (Å²) in [6.45, 7) is 7.38. The van der Waals surface area contributed by atoms with E-state index >= 15 is 0 Å². The number of piperazine rings is 1. The van der Waals surface area contributed by atoms with E-state index in [0.29, 0.717) is 24.8 Å². The predicted octanol–water partition coefficient (Wildman–Crippen LogP) is 2.43. The van der Waals surface area contributed by atoms with E-state index in [1.807, 2.05) is 18.2 Å². The maximum absolute atomic E-state index is 11.0. The number of nitrogens with one attached hydrogen (secondary N) is 1. The third kappa shape index (κ3) is 4.79. The summed E-state index contributed by atoms with van der Waals surface area (Å²) in [4.78, 5) is 24.2. The summed E-state index contributed by atoms with van der Waals surface area (Å²) in [5.41, 5.74) is 1.12. The van der Waals surface area contributed by atoms with Crippen LogP contribution in [-0.2, 0) is 4.79 Å². The number of carboxylic acid groups (broad SMARTS) is 1. The summed E-state index contributed by atoms with van der Waals surface area (Å²) in [5, 5.41) is 19.4. The molecule has 7 nitrogen and oxygen atoms in total. The second kappa shape index (κ2) is 8.42. The Hall–Kier alpha value is -1.96. The quantitative estimate of drug-likeness (QED) is 0.690. The van der Waals surface area contributed by atoms with Crippen molar-refractivity contribution in [3.8, 4) is 0 Å². The van der Waals surface area contributed by atoms with Crippen LogP contribution < -0.4 is 0 Å². The average molecular weight is 401 g/mol. The van der Waals surface area contributed by atoms with E-state index in [-0.39, 0.29) is 6.42 Å². The Kier molecular flexibility index (Phi) is 5.90. The SMILES string of the molecule is CC(CN1CCN(C2CCC(O)(CC(=O)O)CC2)CC1)c1nc2ccccc2[nH]1. The summed E-state index contributed by atoms with van der Waals surface area (Å²) >= 11 is 0. The lowest BCUT2D eigenvalue weighted by Crippen LogP contribution is -2.53. The molecule has 2 fully saturated rings. The minimum absolute atomic E-state index is 0.132. The van der Waals surface area contributed by atoms with Gasteiger partial charge in [0.25, 0.3) is 0 Å². The van der Waals surface area contributed by atoms with Crippen LogP contribution in [0.4, 0.5) is 0 Å². The van der Waals surface area contributed by atoms with Crippen molar-refractivity contribution in [1.29, 1.82) is 0 Å². The largest absolute Gasteiger partial charge is 0.481 e. The fourth-order valence-corrected chi connectivity index (χ4v) is 4.95. The van der Waals surface area contributed by atoms with Gasteiger partial charge < -0.3 is 20.1 Å². The molecule has 3 N–H and O–H groups in total. The molecule has 158 valence electrons. The van der Waals surface area contributed by atoms with Gasteiger partial charge in [-0.25, -0.2) is 4.98 Å². The molecule has 7 heteroatoms. The molecular weight excluding hydrogens is 368 g/mol. The third-order valence-corrected chi connectivity index (χ3v) is 6.70. The van der Waals surface area contributed by atoms with Gasteiger partial charge in [-0.3, -0.25) is 9.69 Å². The van der Waals surface area contributed by atoms with Crippen molar-refractivity contribution in [1.82, 2.24) is 19.8 Å². The number of para-hydroxylation sites is 2. The molecule has 2 aromatic rings. The number of aliphatic hydroxyl groups is 1. The molecule has 0 bridgehead atoms. The summed E-state index contributed by atoms with van der Waals surface area (Å²) in [7, 11) is 0. The van der Waals surface area contributed by atoms with Crippen molar-refractivity contribution in [2.24, 2.45) is 0 Å². The van der Waals surface area contributed by atoms with Crippen molar-refractivity contribution >= 4 is 17.0 Å². The number of carbonyl (C=O) groups is 1. The van der Waals surface area contributed by atoms with Gasteiger partial charge in [0.15, 0.2) is 0 Å². The monoisotopic (exact) mass is 400 g/mol. The Balaban J connectivity index is 1.25. The van der Waals surface area contributed by atoms with E-state index in [2.05, 4.69) is 27.8 Å². The first-order valence-electron chi connectivity index (χ1n) is 10.8. The molecule has 1 aromatic carbocycles. The van der Waals surface area contributed by atoms with Crippen LogP contribution in [0.3, 0.4) is 0 Å². The number of imidazole rings is 1. The Labute approximate surface area is 171 Å². The lowest BCUT2D eigenvalue weighted by molar-refractivity contribution is -0.144. The van der Waals surface area contributed by atoms with Crippen LogP contribution in [0.2, 0.25) is 0 Å². The van der Waals surface area contributed by atoms with E-state index in [1.54, 1.807) is 0 Å². The molecule has 1 aliphatic heterocycles. The van der Waals surface area contributed by atoms with Gasteiger partial charge in [-0.15, -0.1) is 0 Å². The molecule has 1 saturated carbocycles. The Morgan fingerprint density at radius 2 is 1.93 bits per heavy atom. The molecule has 0 spiro atoms. The van der Waals surface area contributed by atoms with Gasteiger partial charge in [0.05, 0.1) is 23.1 Å². The molecule has 0 amide bonds. The molecule has 29 heavy (non-hydrogen) atoms. The van der Waals surface area contributed by atoms with E-state index < -0.39 is 11.6 Å². The van der Waals surface area contributed by atoms with Gasteiger partial charge in [-0.05, 0) is 37.8 Å². The summed E-state index contributed by atoms with van der Waals surface area (Å²) < 4.78 is 0. The lowest BCUT2D eigenvalue weighted by atomic mass is 9.79. The minimum Gasteiger partial charge on any atom is -0.481 e. The highest BCUT2D eigenvalue weighted by Gasteiger charge is 2.37. The van der Waals surface area contributed by atoms with Gasteiger partial charge in [0, 0.05) is 44.7 Å². The standard InChI is InChI=1S/C22H32N4O3/c1-16(21-23-18-4-2-3-5-19(18)24-21)15-25-10-12-26(13-11-25)17-6-8-22(29,9-7-17)14-20(27)28/h2-5,16-17,29H,6-15H2,1H3,(H,23,24)(H,27,28). The number of carboxylic acids is 1. The van der Waals surface area contributed by atoms with Gasteiger partial charge in [0.2, 0.25) is 0 Å². The fraction of sp³-hybridized carbons (Fsp3) is 0.636. The first-order chi connectivity index (χ1) is 13.9. The number of aliphatic carboxylic acids is 1. The zero-order valence-electron chi connectivity index (χ0n) is 17.2. The zero-order chi connectivity index (χ0) is 20.4. The zero-order valence-corrected chi connectivity index (χ0v) is 17.2. The fourth-order valence-electron chi connectivity index (χ4n) is 4.95. The lowest BCUT2D eigenvalue weighted by Gasteiger charge is -2.44. The Bertz CT molecular complexity index is 802. The second-order valence-electron chi connectivity index (χ2n) is 8.90. The van der Waals surface area contributed by atoms with Crippen LogP contribution in [0.5, 0.6) is 0 Å². The highest BCUT2D eigenvalue weighted by atomic mass is 16.4. The van der Waals surface area contributed by atoms with Crippen LogP contribution in [0, 0.1) is 0 Å². The number of nitrogens with zero attached hydrogens (tertiary/aromatic N) is 3. The topological polar surface area (TPSA) is 92.7 Å². The molecule has 1 unspecified atom stereocenters. The predicted molar refractivity (Wildman–Crippen MR) is 112 cm³/mol. The third-order valence-electron chi connectivity index (χ3n) is 6.70. The normalized spacial score (nSPS) is 27.9. The first kappa shape index (κ1) is 20.3. The van der Waals surface area contributed by atoms with Gasteiger partial charge >= 0.3 is 5.97 Å². The van der Waals surface area contributed by atoms with Crippen LogP contribution in [-0.4, -0.2) is 80.3 Å². The van der Waals surface area contributed by atoms with E-state index in [0.717, 1.165) is 62.4 Å². The van der Waals surface area contributed by atoms with E-state index in [4.69, 9.17) is 10.1 Å². The number of aromatic nitrogens is 2. The molecule has 0 radical (unpaired) electrons. The minimum atomic E-state index is -1.01. The molecule has 1 atom stereocenters. The molecule has 1 aromatic heterocycles. The van der Waals surface area contributed by atoms with Crippen LogP contribution in [0.15, 0.2) is 24.3 Å².